The molecule has 0 spiro atoms. The van der Waals surface area contributed by atoms with Crippen molar-refractivity contribution in [1.29, 1.82) is 0 Å². The molecule has 0 saturated carbocycles. The van der Waals surface area contributed by atoms with Crippen molar-refractivity contribution >= 4 is 17.3 Å². The van der Waals surface area contributed by atoms with Gasteiger partial charge in [-0.3, -0.25) is 0 Å². The Bertz CT molecular complexity index is 704. The lowest BCUT2D eigenvalue weighted by Crippen LogP contribution is -2.01. The maximum atomic E-state index is 6.24. The van der Waals surface area contributed by atoms with Gasteiger partial charge in [-0.2, -0.15) is 0 Å². The molecule has 21 heavy (non-hydrogen) atoms. The average molecular weight is 306 g/mol. The van der Waals surface area contributed by atoms with Crippen LogP contribution in [0.5, 0.6) is 23.0 Å². The fourth-order valence-electron chi connectivity index (χ4n) is 2.37. The van der Waals surface area contributed by atoms with Crippen LogP contribution in [0.2, 0.25) is 5.02 Å². The molecule has 2 heterocycles. The SMILES string of the molecule is Clc1cc2c(cc1NCc1cccc3c1OCO3)OCO2. The predicted molar refractivity (Wildman–Crippen MR) is 77.5 cm³/mol. The van der Waals surface area contributed by atoms with Crippen LogP contribution in [0.4, 0.5) is 5.69 Å². The van der Waals surface area contributed by atoms with E-state index in [1.165, 1.54) is 0 Å². The topological polar surface area (TPSA) is 49.0 Å². The second-order valence-electron chi connectivity index (χ2n) is 4.69. The quantitative estimate of drug-likeness (QED) is 0.941. The first-order valence-electron chi connectivity index (χ1n) is 6.52. The maximum absolute atomic E-state index is 6.24. The van der Waals surface area contributed by atoms with E-state index in [1.807, 2.05) is 24.3 Å². The molecule has 0 amide bonds. The second kappa shape index (κ2) is 4.93. The van der Waals surface area contributed by atoms with Crippen molar-refractivity contribution in [2.75, 3.05) is 18.9 Å². The number of rotatable bonds is 3. The Balaban J connectivity index is 1.57. The fraction of sp³-hybridized carbons (Fsp3) is 0.200. The van der Waals surface area contributed by atoms with Crippen molar-refractivity contribution in [3.8, 4) is 23.0 Å². The Morgan fingerprint density at radius 1 is 0.952 bits per heavy atom. The van der Waals surface area contributed by atoms with Gasteiger partial charge in [-0.15, -0.1) is 0 Å². The highest BCUT2D eigenvalue weighted by molar-refractivity contribution is 6.33. The van der Waals surface area contributed by atoms with Crippen LogP contribution in [-0.4, -0.2) is 13.6 Å². The summed E-state index contributed by atoms with van der Waals surface area (Å²) in [6.45, 7) is 1.06. The zero-order chi connectivity index (χ0) is 14.2. The number of anilines is 1. The summed E-state index contributed by atoms with van der Waals surface area (Å²) < 4.78 is 21.5. The Hall–Kier alpha value is -2.27. The van der Waals surface area contributed by atoms with Gasteiger partial charge in [-0.25, -0.2) is 0 Å². The standard InChI is InChI=1S/C15H12ClNO4/c16-10-4-13-14(20-7-19-13)5-11(10)17-6-9-2-1-3-12-15(9)21-8-18-12/h1-5,17H,6-8H2. The van der Waals surface area contributed by atoms with Gasteiger partial charge >= 0.3 is 0 Å². The Morgan fingerprint density at radius 3 is 2.62 bits per heavy atom. The molecule has 6 heteroatoms. The van der Waals surface area contributed by atoms with Crippen molar-refractivity contribution in [3.63, 3.8) is 0 Å². The first kappa shape index (κ1) is 12.5. The van der Waals surface area contributed by atoms with Crippen molar-refractivity contribution < 1.29 is 18.9 Å². The third-order valence-corrected chi connectivity index (χ3v) is 3.72. The lowest BCUT2D eigenvalue weighted by molar-refractivity contribution is 0.173. The smallest absolute Gasteiger partial charge is 0.231 e. The summed E-state index contributed by atoms with van der Waals surface area (Å²) in [5.74, 6) is 2.91. The molecule has 5 nitrogen and oxygen atoms in total. The van der Waals surface area contributed by atoms with E-state index in [4.69, 9.17) is 30.5 Å². The molecule has 2 aliphatic rings. The number of hydrogen-bond acceptors (Lipinski definition) is 5. The number of halogens is 1. The lowest BCUT2D eigenvalue weighted by atomic mass is 10.2. The van der Waals surface area contributed by atoms with Gasteiger partial charge in [0.25, 0.3) is 0 Å². The zero-order valence-electron chi connectivity index (χ0n) is 11.0. The summed E-state index contributed by atoms with van der Waals surface area (Å²) in [5.41, 5.74) is 1.80. The summed E-state index contributed by atoms with van der Waals surface area (Å²) in [6.07, 6.45) is 0. The van der Waals surface area contributed by atoms with Gasteiger partial charge in [0.2, 0.25) is 13.6 Å². The highest BCUT2D eigenvalue weighted by Crippen LogP contribution is 2.40. The molecule has 0 fully saturated rings. The molecule has 0 bridgehead atoms. The Morgan fingerprint density at radius 2 is 1.71 bits per heavy atom. The van der Waals surface area contributed by atoms with Crippen LogP contribution in [0, 0.1) is 0 Å². The van der Waals surface area contributed by atoms with Crippen LogP contribution < -0.4 is 24.3 Å². The van der Waals surface area contributed by atoms with E-state index in [0.717, 1.165) is 22.7 Å². The van der Waals surface area contributed by atoms with E-state index >= 15 is 0 Å². The first-order valence-corrected chi connectivity index (χ1v) is 6.89. The number of benzene rings is 2. The van der Waals surface area contributed by atoms with E-state index in [0.29, 0.717) is 23.1 Å². The number of fused-ring (bicyclic) bond motifs is 2. The van der Waals surface area contributed by atoms with Crippen LogP contribution in [0.25, 0.3) is 0 Å². The molecule has 0 atom stereocenters. The number of hydrogen-bond donors (Lipinski definition) is 1. The second-order valence-corrected chi connectivity index (χ2v) is 5.10. The van der Waals surface area contributed by atoms with Crippen LogP contribution >= 0.6 is 11.6 Å². The molecule has 1 N–H and O–H groups in total. The van der Waals surface area contributed by atoms with E-state index in [9.17, 15) is 0 Å². The maximum Gasteiger partial charge on any atom is 0.231 e. The minimum Gasteiger partial charge on any atom is -0.454 e. The van der Waals surface area contributed by atoms with Crippen molar-refractivity contribution in [2.45, 2.75) is 6.54 Å². The van der Waals surface area contributed by atoms with Gasteiger partial charge in [0.1, 0.15) is 0 Å². The Kier molecular flexibility index (Phi) is 2.93. The van der Waals surface area contributed by atoms with Gasteiger partial charge in [-0.05, 0) is 6.07 Å². The zero-order valence-corrected chi connectivity index (χ0v) is 11.8. The molecule has 108 valence electrons. The van der Waals surface area contributed by atoms with Gasteiger partial charge in [0.15, 0.2) is 23.0 Å². The van der Waals surface area contributed by atoms with E-state index < -0.39 is 0 Å². The van der Waals surface area contributed by atoms with Crippen molar-refractivity contribution in [1.82, 2.24) is 0 Å². The van der Waals surface area contributed by atoms with Crippen LogP contribution in [0.1, 0.15) is 5.56 Å². The van der Waals surface area contributed by atoms with Crippen molar-refractivity contribution in [3.05, 3.63) is 40.9 Å². The molecule has 0 unspecified atom stereocenters. The minimum atomic E-state index is 0.229. The molecule has 2 aromatic carbocycles. The monoisotopic (exact) mass is 305 g/mol. The number of para-hydroxylation sites is 1. The summed E-state index contributed by atoms with van der Waals surface area (Å²) >= 11 is 6.24. The third kappa shape index (κ3) is 2.19. The van der Waals surface area contributed by atoms with Crippen LogP contribution in [0.3, 0.4) is 0 Å². The van der Waals surface area contributed by atoms with Gasteiger partial charge in [0.05, 0.1) is 10.7 Å². The largest absolute Gasteiger partial charge is 0.454 e. The van der Waals surface area contributed by atoms with E-state index in [-0.39, 0.29) is 13.6 Å². The number of ether oxygens (including phenoxy) is 4. The highest BCUT2D eigenvalue weighted by atomic mass is 35.5. The Labute approximate surface area is 126 Å². The molecule has 0 aliphatic carbocycles. The summed E-state index contributed by atoms with van der Waals surface area (Å²) in [5, 5.41) is 3.87. The molecular weight excluding hydrogens is 294 g/mol. The van der Waals surface area contributed by atoms with Crippen LogP contribution in [-0.2, 0) is 6.54 Å². The first-order chi connectivity index (χ1) is 10.3. The average Bonchev–Trinajstić information content (AvgIpc) is 3.12. The normalized spacial score (nSPS) is 14.3. The van der Waals surface area contributed by atoms with Crippen molar-refractivity contribution in [2.24, 2.45) is 0 Å². The minimum absolute atomic E-state index is 0.229. The molecule has 2 aromatic rings. The molecule has 2 aliphatic heterocycles. The molecule has 0 saturated heterocycles. The molecule has 4 rings (SSSR count). The fourth-order valence-corrected chi connectivity index (χ4v) is 2.59. The highest BCUT2D eigenvalue weighted by Gasteiger charge is 2.19. The summed E-state index contributed by atoms with van der Waals surface area (Å²) in [4.78, 5) is 0. The lowest BCUT2D eigenvalue weighted by Gasteiger charge is -2.11. The predicted octanol–water partition coefficient (Wildman–Crippen LogP) is 3.41. The van der Waals surface area contributed by atoms with Gasteiger partial charge < -0.3 is 24.3 Å². The third-order valence-electron chi connectivity index (χ3n) is 3.41. The van der Waals surface area contributed by atoms with Gasteiger partial charge in [0, 0.05) is 24.2 Å². The van der Waals surface area contributed by atoms with Crippen LogP contribution in [0.15, 0.2) is 30.3 Å². The number of nitrogens with one attached hydrogen (secondary N) is 1. The summed E-state index contributed by atoms with van der Waals surface area (Å²) in [7, 11) is 0. The van der Waals surface area contributed by atoms with Gasteiger partial charge in [-0.1, -0.05) is 23.7 Å². The van der Waals surface area contributed by atoms with E-state index in [2.05, 4.69) is 5.32 Å². The van der Waals surface area contributed by atoms with E-state index in [1.54, 1.807) is 6.07 Å². The molecular formula is C15H12ClNO4. The molecule has 0 aromatic heterocycles. The molecule has 0 radical (unpaired) electrons. The summed E-state index contributed by atoms with van der Waals surface area (Å²) in [6, 6.07) is 9.40.